The van der Waals surface area contributed by atoms with Crippen molar-refractivity contribution in [1.29, 1.82) is 0 Å². The van der Waals surface area contributed by atoms with E-state index in [1.165, 1.54) is 17.8 Å². The van der Waals surface area contributed by atoms with Gasteiger partial charge in [-0.05, 0) is 43.4 Å². The molecule has 1 unspecified atom stereocenters. The number of halogens is 1. The SMILES string of the molecule is CSc1cccc(F)c1C(=O)NC1CCCN(c2cccnn2)C1. The molecular formula is C17H19FN4OS. The lowest BCUT2D eigenvalue weighted by atomic mass is 10.0. The summed E-state index contributed by atoms with van der Waals surface area (Å²) in [7, 11) is 0. The molecule has 0 saturated carbocycles. The maximum atomic E-state index is 14.1. The van der Waals surface area contributed by atoms with Gasteiger partial charge < -0.3 is 10.2 Å². The topological polar surface area (TPSA) is 58.1 Å². The van der Waals surface area contributed by atoms with E-state index in [1.54, 1.807) is 18.3 Å². The Kier molecular flexibility index (Phi) is 5.30. The average Bonchev–Trinajstić information content (AvgIpc) is 2.62. The van der Waals surface area contributed by atoms with Gasteiger partial charge in [0.2, 0.25) is 0 Å². The smallest absolute Gasteiger partial charge is 0.255 e. The van der Waals surface area contributed by atoms with Gasteiger partial charge >= 0.3 is 0 Å². The van der Waals surface area contributed by atoms with Crippen LogP contribution in [-0.4, -0.2) is 41.5 Å². The second-order valence-corrected chi connectivity index (χ2v) is 6.51. The molecule has 1 amide bonds. The Morgan fingerprint density at radius 3 is 3.00 bits per heavy atom. The number of nitrogens with zero attached hydrogens (tertiary/aromatic N) is 3. The number of piperidine rings is 1. The fourth-order valence-electron chi connectivity index (χ4n) is 2.92. The van der Waals surface area contributed by atoms with Crippen molar-refractivity contribution in [2.45, 2.75) is 23.8 Å². The van der Waals surface area contributed by atoms with Crippen molar-refractivity contribution in [3.05, 3.63) is 47.9 Å². The van der Waals surface area contributed by atoms with E-state index in [0.29, 0.717) is 11.4 Å². The molecule has 1 aromatic carbocycles. The highest BCUT2D eigenvalue weighted by atomic mass is 32.2. The number of rotatable bonds is 4. The molecule has 126 valence electrons. The predicted molar refractivity (Wildman–Crippen MR) is 92.9 cm³/mol. The van der Waals surface area contributed by atoms with E-state index >= 15 is 0 Å². The minimum Gasteiger partial charge on any atom is -0.353 e. The van der Waals surface area contributed by atoms with Crippen molar-refractivity contribution >= 4 is 23.5 Å². The van der Waals surface area contributed by atoms with Gasteiger partial charge in [0.25, 0.3) is 5.91 Å². The van der Waals surface area contributed by atoms with Crippen LogP contribution in [0.2, 0.25) is 0 Å². The van der Waals surface area contributed by atoms with Gasteiger partial charge in [-0.25, -0.2) is 4.39 Å². The van der Waals surface area contributed by atoms with E-state index < -0.39 is 5.82 Å². The summed E-state index contributed by atoms with van der Waals surface area (Å²) >= 11 is 1.37. The van der Waals surface area contributed by atoms with Gasteiger partial charge in [0.15, 0.2) is 5.82 Å². The number of benzene rings is 1. The van der Waals surface area contributed by atoms with Crippen LogP contribution < -0.4 is 10.2 Å². The molecule has 1 saturated heterocycles. The first-order valence-electron chi connectivity index (χ1n) is 7.85. The maximum Gasteiger partial charge on any atom is 0.255 e. The first-order valence-corrected chi connectivity index (χ1v) is 9.07. The Balaban J connectivity index is 1.71. The van der Waals surface area contributed by atoms with Crippen molar-refractivity contribution in [3.8, 4) is 0 Å². The fraction of sp³-hybridized carbons (Fsp3) is 0.353. The van der Waals surface area contributed by atoms with Crippen LogP contribution in [0.15, 0.2) is 41.4 Å². The zero-order valence-corrected chi connectivity index (χ0v) is 14.2. The van der Waals surface area contributed by atoms with E-state index in [9.17, 15) is 9.18 Å². The molecule has 0 radical (unpaired) electrons. The molecule has 3 rings (SSSR count). The molecular weight excluding hydrogens is 327 g/mol. The Hall–Kier alpha value is -2.15. The van der Waals surface area contributed by atoms with Gasteiger partial charge in [-0.2, -0.15) is 5.10 Å². The third kappa shape index (κ3) is 3.67. The largest absolute Gasteiger partial charge is 0.353 e. The monoisotopic (exact) mass is 346 g/mol. The standard InChI is InChI=1S/C17H19FN4OS/c1-24-14-7-2-6-13(18)16(14)17(23)20-12-5-4-10-22(11-12)15-8-3-9-19-21-15/h2-3,6-9,12H,4-5,10-11H2,1H3,(H,20,23). The van der Waals surface area contributed by atoms with Gasteiger partial charge in [0.05, 0.1) is 5.56 Å². The Morgan fingerprint density at radius 2 is 2.25 bits per heavy atom. The lowest BCUT2D eigenvalue weighted by molar-refractivity contribution is 0.0926. The van der Waals surface area contributed by atoms with Crippen molar-refractivity contribution in [1.82, 2.24) is 15.5 Å². The minimum atomic E-state index is -0.485. The van der Waals surface area contributed by atoms with Crippen molar-refractivity contribution < 1.29 is 9.18 Å². The average molecular weight is 346 g/mol. The number of nitrogens with one attached hydrogen (secondary N) is 1. The van der Waals surface area contributed by atoms with Crippen LogP contribution in [0, 0.1) is 5.82 Å². The van der Waals surface area contributed by atoms with Crippen molar-refractivity contribution in [3.63, 3.8) is 0 Å². The number of amides is 1. The maximum absolute atomic E-state index is 14.1. The molecule has 1 aliphatic rings. The summed E-state index contributed by atoms with van der Waals surface area (Å²) in [6.07, 6.45) is 5.27. The Morgan fingerprint density at radius 1 is 1.38 bits per heavy atom. The predicted octanol–water partition coefficient (Wildman–Crippen LogP) is 2.74. The van der Waals surface area contributed by atoms with E-state index in [4.69, 9.17) is 0 Å². The highest BCUT2D eigenvalue weighted by Gasteiger charge is 2.25. The number of carbonyl (C=O) groups is 1. The summed E-state index contributed by atoms with van der Waals surface area (Å²) in [4.78, 5) is 15.3. The van der Waals surface area contributed by atoms with Crippen molar-refractivity contribution in [2.24, 2.45) is 0 Å². The van der Waals surface area contributed by atoms with Crippen LogP contribution >= 0.6 is 11.8 Å². The van der Waals surface area contributed by atoms with E-state index in [0.717, 1.165) is 25.2 Å². The molecule has 2 aromatic rings. The van der Waals surface area contributed by atoms with Gasteiger partial charge in [-0.3, -0.25) is 4.79 Å². The fourth-order valence-corrected chi connectivity index (χ4v) is 3.53. The number of aromatic nitrogens is 2. The molecule has 5 nitrogen and oxygen atoms in total. The third-order valence-corrected chi connectivity index (χ3v) is 4.84. The first-order chi connectivity index (χ1) is 11.7. The molecule has 0 bridgehead atoms. The van der Waals surface area contributed by atoms with Crippen LogP contribution in [0.3, 0.4) is 0 Å². The van der Waals surface area contributed by atoms with Gasteiger partial charge in [-0.1, -0.05) is 6.07 Å². The molecule has 0 aliphatic carbocycles. The highest BCUT2D eigenvalue weighted by Crippen LogP contribution is 2.23. The van der Waals surface area contributed by atoms with E-state index in [-0.39, 0.29) is 17.5 Å². The second kappa shape index (κ2) is 7.61. The molecule has 1 aliphatic heterocycles. The Labute approximate surface area is 144 Å². The second-order valence-electron chi connectivity index (χ2n) is 5.66. The van der Waals surface area contributed by atoms with E-state index in [1.807, 2.05) is 18.4 Å². The molecule has 1 N–H and O–H groups in total. The van der Waals surface area contributed by atoms with Gasteiger partial charge in [0.1, 0.15) is 5.82 Å². The molecule has 0 spiro atoms. The van der Waals surface area contributed by atoms with Gasteiger partial charge in [-0.15, -0.1) is 16.9 Å². The summed E-state index contributed by atoms with van der Waals surface area (Å²) in [5.41, 5.74) is 0.127. The normalized spacial score (nSPS) is 17.6. The summed E-state index contributed by atoms with van der Waals surface area (Å²) in [6.45, 7) is 1.52. The van der Waals surface area contributed by atoms with Crippen LogP contribution in [0.25, 0.3) is 0 Å². The number of anilines is 1. The summed E-state index contributed by atoms with van der Waals surface area (Å²) in [6, 6.07) is 8.40. The highest BCUT2D eigenvalue weighted by molar-refractivity contribution is 7.98. The zero-order chi connectivity index (χ0) is 16.9. The number of hydrogen-bond donors (Lipinski definition) is 1. The Bertz CT molecular complexity index is 713. The van der Waals surface area contributed by atoms with Crippen molar-refractivity contribution in [2.75, 3.05) is 24.2 Å². The molecule has 2 heterocycles. The summed E-state index contributed by atoms with van der Waals surface area (Å²) < 4.78 is 14.1. The van der Waals surface area contributed by atoms with Gasteiger partial charge in [0, 0.05) is 30.2 Å². The lowest BCUT2D eigenvalue weighted by Gasteiger charge is -2.33. The molecule has 24 heavy (non-hydrogen) atoms. The molecule has 7 heteroatoms. The molecule has 1 aromatic heterocycles. The van der Waals surface area contributed by atoms with Crippen LogP contribution in [0.5, 0.6) is 0 Å². The summed E-state index contributed by atoms with van der Waals surface area (Å²) in [5.74, 6) is -0.0449. The lowest BCUT2D eigenvalue weighted by Crippen LogP contribution is -2.48. The summed E-state index contributed by atoms with van der Waals surface area (Å²) in [5, 5.41) is 11.0. The number of carbonyl (C=O) groups excluding carboxylic acids is 1. The first kappa shape index (κ1) is 16.7. The number of hydrogen-bond acceptors (Lipinski definition) is 5. The van der Waals surface area contributed by atoms with Crippen LogP contribution in [-0.2, 0) is 0 Å². The minimum absolute atomic E-state index is 0.0393. The van der Waals surface area contributed by atoms with E-state index in [2.05, 4.69) is 20.4 Å². The number of thioether (sulfide) groups is 1. The molecule has 1 fully saturated rings. The quantitative estimate of drug-likeness (QED) is 0.863. The van der Waals surface area contributed by atoms with Crippen LogP contribution in [0.1, 0.15) is 23.2 Å². The zero-order valence-electron chi connectivity index (χ0n) is 13.4. The third-order valence-electron chi connectivity index (χ3n) is 4.06. The molecule has 1 atom stereocenters. The van der Waals surface area contributed by atoms with Crippen LogP contribution in [0.4, 0.5) is 10.2 Å².